The summed E-state index contributed by atoms with van der Waals surface area (Å²) < 4.78 is 11.7. The van der Waals surface area contributed by atoms with Crippen LogP contribution in [-0.4, -0.2) is 24.9 Å². The largest absolute Gasteiger partial charge is 0.496 e. The molecule has 1 N–H and O–H groups in total. The minimum atomic E-state index is -0.535. The molecule has 0 aromatic heterocycles. The molecule has 94 valence electrons. The first-order chi connectivity index (χ1) is 8.11. The zero-order valence-electron chi connectivity index (χ0n) is 10.0. The lowest BCUT2D eigenvalue weighted by molar-refractivity contribution is 0.0789. The van der Waals surface area contributed by atoms with E-state index in [0.29, 0.717) is 6.61 Å². The Hall–Kier alpha value is -0.580. The summed E-state index contributed by atoms with van der Waals surface area (Å²) in [5.74, 6) is 0.869. The topological polar surface area (TPSA) is 38.7 Å². The molecule has 1 aliphatic heterocycles. The van der Waals surface area contributed by atoms with Crippen LogP contribution in [0.1, 0.15) is 25.0 Å². The monoisotopic (exact) mass is 300 g/mol. The molecule has 3 atom stereocenters. The summed E-state index contributed by atoms with van der Waals surface area (Å²) in [7, 11) is 1.62. The van der Waals surface area contributed by atoms with E-state index in [9.17, 15) is 5.11 Å². The lowest BCUT2D eigenvalue weighted by Gasteiger charge is -2.19. The number of rotatable bonds is 3. The maximum atomic E-state index is 10.4. The van der Waals surface area contributed by atoms with Gasteiger partial charge in [-0.2, -0.15) is 0 Å². The van der Waals surface area contributed by atoms with Gasteiger partial charge in [0.2, 0.25) is 0 Å². The van der Waals surface area contributed by atoms with E-state index < -0.39 is 6.10 Å². The first kappa shape index (κ1) is 12.9. The molecule has 0 aliphatic carbocycles. The minimum Gasteiger partial charge on any atom is -0.496 e. The molecular formula is C13H17BrO3. The number of aliphatic hydroxyl groups excluding tert-OH is 1. The van der Waals surface area contributed by atoms with Crippen LogP contribution in [-0.2, 0) is 4.74 Å². The highest BCUT2D eigenvalue weighted by Crippen LogP contribution is 2.37. The van der Waals surface area contributed by atoms with Crippen molar-refractivity contribution < 1.29 is 14.6 Å². The van der Waals surface area contributed by atoms with Crippen molar-refractivity contribution >= 4 is 15.9 Å². The second kappa shape index (κ2) is 5.38. The van der Waals surface area contributed by atoms with E-state index in [1.165, 1.54) is 0 Å². The van der Waals surface area contributed by atoms with Crippen LogP contribution in [0.15, 0.2) is 22.7 Å². The first-order valence-electron chi connectivity index (χ1n) is 5.75. The van der Waals surface area contributed by atoms with Gasteiger partial charge in [0.15, 0.2) is 0 Å². The summed E-state index contributed by atoms with van der Waals surface area (Å²) in [5, 5.41) is 10.4. The molecule has 0 radical (unpaired) electrons. The molecule has 0 amide bonds. The van der Waals surface area contributed by atoms with Gasteiger partial charge in [-0.25, -0.2) is 0 Å². The van der Waals surface area contributed by atoms with Gasteiger partial charge in [0.05, 0.1) is 25.9 Å². The van der Waals surface area contributed by atoms with Crippen LogP contribution < -0.4 is 4.74 Å². The second-order valence-corrected chi connectivity index (χ2v) is 5.39. The van der Waals surface area contributed by atoms with Gasteiger partial charge >= 0.3 is 0 Å². The standard InChI is InChI=1S/C13H17BrO3/c1-8-5-9(7-17-8)13(15)11-6-10(14)3-4-12(11)16-2/h3-4,6,8-9,13,15H,5,7H2,1-2H3. The van der Waals surface area contributed by atoms with Crippen molar-refractivity contribution in [3.05, 3.63) is 28.2 Å². The number of halogens is 1. The highest BCUT2D eigenvalue weighted by atomic mass is 79.9. The maximum Gasteiger partial charge on any atom is 0.124 e. The van der Waals surface area contributed by atoms with E-state index in [0.717, 1.165) is 22.2 Å². The van der Waals surface area contributed by atoms with E-state index in [1.807, 2.05) is 25.1 Å². The van der Waals surface area contributed by atoms with Crippen molar-refractivity contribution in [2.24, 2.45) is 5.92 Å². The molecule has 1 aromatic carbocycles. The van der Waals surface area contributed by atoms with E-state index >= 15 is 0 Å². The predicted octanol–water partition coefficient (Wildman–Crippen LogP) is 2.92. The molecule has 1 saturated heterocycles. The number of ether oxygens (including phenoxy) is 2. The van der Waals surface area contributed by atoms with Gasteiger partial charge in [0, 0.05) is 16.0 Å². The maximum absolute atomic E-state index is 10.4. The Labute approximate surface area is 110 Å². The summed E-state index contributed by atoms with van der Waals surface area (Å²) in [5.41, 5.74) is 0.824. The van der Waals surface area contributed by atoms with Gasteiger partial charge in [0.1, 0.15) is 5.75 Å². The third kappa shape index (κ3) is 2.81. The minimum absolute atomic E-state index is 0.146. The van der Waals surface area contributed by atoms with E-state index in [-0.39, 0.29) is 12.0 Å². The SMILES string of the molecule is COc1ccc(Br)cc1C(O)C1COC(C)C1. The molecule has 0 spiro atoms. The van der Waals surface area contributed by atoms with Gasteiger partial charge < -0.3 is 14.6 Å². The molecule has 0 bridgehead atoms. The molecule has 17 heavy (non-hydrogen) atoms. The van der Waals surface area contributed by atoms with Crippen molar-refractivity contribution in [3.8, 4) is 5.75 Å². The highest BCUT2D eigenvalue weighted by Gasteiger charge is 2.30. The smallest absolute Gasteiger partial charge is 0.124 e. The Morgan fingerprint density at radius 2 is 2.29 bits per heavy atom. The van der Waals surface area contributed by atoms with Gasteiger partial charge in [-0.3, -0.25) is 0 Å². The van der Waals surface area contributed by atoms with Gasteiger partial charge in [-0.1, -0.05) is 15.9 Å². The highest BCUT2D eigenvalue weighted by molar-refractivity contribution is 9.10. The van der Waals surface area contributed by atoms with E-state index in [4.69, 9.17) is 9.47 Å². The van der Waals surface area contributed by atoms with Crippen molar-refractivity contribution in [2.75, 3.05) is 13.7 Å². The van der Waals surface area contributed by atoms with E-state index in [2.05, 4.69) is 15.9 Å². The third-order valence-corrected chi connectivity index (χ3v) is 3.68. The second-order valence-electron chi connectivity index (χ2n) is 4.47. The molecule has 1 aromatic rings. The quantitative estimate of drug-likeness (QED) is 0.933. The lowest BCUT2D eigenvalue weighted by atomic mass is 9.93. The fourth-order valence-electron chi connectivity index (χ4n) is 2.26. The van der Waals surface area contributed by atoms with Crippen LogP contribution >= 0.6 is 15.9 Å². The van der Waals surface area contributed by atoms with Crippen molar-refractivity contribution in [3.63, 3.8) is 0 Å². The lowest BCUT2D eigenvalue weighted by Crippen LogP contribution is -2.13. The molecule has 3 unspecified atom stereocenters. The molecule has 0 saturated carbocycles. The Kier molecular flexibility index (Phi) is 4.07. The summed E-state index contributed by atoms with van der Waals surface area (Å²) in [6, 6.07) is 5.68. The Balaban J connectivity index is 2.23. The third-order valence-electron chi connectivity index (χ3n) is 3.19. The van der Waals surface area contributed by atoms with Crippen LogP contribution in [0.4, 0.5) is 0 Å². The predicted molar refractivity (Wildman–Crippen MR) is 69.2 cm³/mol. The normalized spacial score (nSPS) is 25.9. The fraction of sp³-hybridized carbons (Fsp3) is 0.538. The van der Waals surface area contributed by atoms with E-state index in [1.54, 1.807) is 7.11 Å². The number of hydrogen-bond donors (Lipinski definition) is 1. The van der Waals surface area contributed by atoms with Crippen molar-refractivity contribution in [1.82, 2.24) is 0 Å². The first-order valence-corrected chi connectivity index (χ1v) is 6.54. The average Bonchev–Trinajstić information content (AvgIpc) is 2.75. The average molecular weight is 301 g/mol. The number of hydrogen-bond acceptors (Lipinski definition) is 3. The van der Waals surface area contributed by atoms with Crippen LogP contribution in [0, 0.1) is 5.92 Å². The Morgan fingerprint density at radius 3 is 2.88 bits per heavy atom. The summed E-state index contributed by atoms with van der Waals surface area (Å²) >= 11 is 3.42. The summed E-state index contributed by atoms with van der Waals surface area (Å²) in [6.07, 6.45) is 0.580. The molecular weight excluding hydrogens is 284 g/mol. The van der Waals surface area contributed by atoms with Gasteiger partial charge in [-0.05, 0) is 31.5 Å². The summed E-state index contributed by atoms with van der Waals surface area (Å²) in [4.78, 5) is 0. The molecule has 1 fully saturated rings. The van der Waals surface area contributed by atoms with Crippen molar-refractivity contribution in [2.45, 2.75) is 25.6 Å². The molecule has 3 nitrogen and oxygen atoms in total. The van der Waals surface area contributed by atoms with Crippen LogP contribution in [0.5, 0.6) is 5.75 Å². The summed E-state index contributed by atoms with van der Waals surface area (Å²) in [6.45, 7) is 2.64. The van der Waals surface area contributed by atoms with Crippen LogP contribution in [0.3, 0.4) is 0 Å². The molecule has 1 aliphatic rings. The number of benzene rings is 1. The zero-order valence-corrected chi connectivity index (χ0v) is 11.6. The van der Waals surface area contributed by atoms with Crippen molar-refractivity contribution in [1.29, 1.82) is 0 Å². The molecule has 2 rings (SSSR count). The zero-order chi connectivity index (χ0) is 12.4. The Morgan fingerprint density at radius 1 is 1.53 bits per heavy atom. The molecule has 4 heteroatoms. The van der Waals surface area contributed by atoms with Gasteiger partial charge in [0.25, 0.3) is 0 Å². The Bertz CT molecular complexity index is 394. The van der Waals surface area contributed by atoms with Crippen LogP contribution in [0.25, 0.3) is 0 Å². The number of aliphatic hydroxyl groups is 1. The van der Waals surface area contributed by atoms with Gasteiger partial charge in [-0.15, -0.1) is 0 Å². The van der Waals surface area contributed by atoms with Crippen LogP contribution in [0.2, 0.25) is 0 Å². The number of methoxy groups -OCH3 is 1. The fourth-order valence-corrected chi connectivity index (χ4v) is 2.64. The molecule has 1 heterocycles.